The fraction of sp³-hybridized carbons (Fsp3) is 0.462. The largest absolute Gasteiger partial charge is 0.496 e. The van der Waals surface area contributed by atoms with Gasteiger partial charge in [-0.15, -0.1) is 0 Å². The van der Waals surface area contributed by atoms with Gasteiger partial charge in [0.05, 0.1) is 12.7 Å². The van der Waals surface area contributed by atoms with Crippen LogP contribution in [0.2, 0.25) is 0 Å². The summed E-state index contributed by atoms with van der Waals surface area (Å²) in [6.07, 6.45) is 2.26. The van der Waals surface area contributed by atoms with E-state index in [1.54, 1.807) is 0 Å². The Morgan fingerprint density at radius 3 is 3.00 bits per heavy atom. The number of hydrogen-bond donors (Lipinski definition) is 1. The Balaban J connectivity index is 1.97. The molecule has 1 aromatic rings. The lowest BCUT2D eigenvalue weighted by molar-refractivity contribution is -0.186. The van der Waals surface area contributed by atoms with Crippen molar-refractivity contribution in [3.8, 4) is 5.75 Å². The van der Waals surface area contributed by atoms with Crippen molar-refractivity contribution in [1.29, 1.82) is 0 Å². The van der Waals surface area contributed by atoms with Gasteiger partial charge < -0.3 is 9.47 Å². The zero-order valence-corrected chi connectivity index (χ0v) is 10.6. The second kappa shape index (κ2) is 6.49. The fourth-order valence-corrected chi connectivity index (χ4v) is 1.84. The van der Waals surface area contributed by atoms with Crippen LogP contribution in [0.15, 0.2) is 18.2 Å². The van der Waals surface area contributed by atoms with Crippen LogP contribution in [0.25, 0.3) is 0 Å². The summed E-state index contributed by atoms with van der Waals surface area (Å²) < 4.78 is 23.4. The first kappa shape index (κ1) is 13.8. The van der Waals surface area contributed by atoms with E-state index in [4.69, 9.17) is 14.3 Å². The van der Waals surface area contributed by atoms with Crippen LogP contribution >= 0.6 is 0 Å². The minimum atomic E-state index is -0.564. The van der Waals surface area contributed by atoms with Gasteiger partial charge in [-0.3, -0.25) is 4.79 Å². The standard InChI is InChI=1S/C13H16FNO4/c1-17-11-6-5-9(14)8-10(11)13(16)15-19-12-4-2-3-7-18-12/h5-6,8,12H,2-4,7H2,1H3,(H,15,16). The maximum Gasteiger partial charge on any atom is 0.278 e. The third-order valence-corrected chi connectivity index (χ3v) is 2.83. The summed E-state index contributed by atoms with van der Waals surface area (Å²) in [6, 6.07) is 3.71. The molecule has 1 aliphatic heterocycles. The lowest BCUT2D eigenvalue weighted by Gasteiger charge is -2.22. The highest BCUT2D eigenvalue weighted by molar-refractivity contribution is 5.96. The summed E-state index contributed by atoms with van der Waals surface area (Å²) in [5.41, 5.74) is 2.34. The summed E-state index contributed by atoms with van der Waals surface area (Å²) in [5.74, 6) is -0.794. The number of amides is 1. The van der Waals surface area contributed by atoms with Crippen LogP contribution in [0.4, 0.5) is 4.39 Å². The van der Waals surface area contributed by atoms with E-state index < -0.39 is 18.0 Å². The van der Waals surface area contributed by atoms with E-state index in [-0.39, 0.29) is 11.3 Å². The molecule has 1 unspecified atom stereocenters. The van der Waals surface area contributed by atoms with Crippen molar-refractivity contribution in [3.63, 3.8) is 0 Å². The molecule has 0 saturated carbocycles. The molecule has 0 aliphatic carbocycles. The van der Waals surface area contributed by atoms with E-state index in [2.05, 4.69) is 5.48 Å². The van der Waals surface area contributed by atoms with Crippen molar-refractivity contribution in [1.82, 2.24) is 5.48 Å². The van der Waals surface area contributed by atoms with E-state index in [1.165, 1.54) is 19.2 Å². The van der Waals surface area contributed by atoms with Gasteiger partial charge >= 0.3 is 0 Å². The van der Waals surface area contributed by atoms with Crippen molar-refractivity contribution in [2.24, 2.45) is 0 Å². The van der Waals surface area contributed by atoms with Crippen molar-refractivity contribution in [2.45, 2.75) is 25.6 Å². The average Bonchev–Trinajstić information content (AvgIpc) is 2.46. The predicted molar refractivity (Wildman–Crippen MR) is 65.1 cm³/mol. The van der Waals surface area contributed by atoms with Crippen molar-refractivity contribution in [3.05, 3.63) is 29.6 Å². The van der Waals surface area contributed by atoms with Crippen LogP contribution in [0.1, 0.15) is 29.6 Å². The molecule has 1 heterocycles. The second-order valence-corrected chi connectivity index (χ2v) is 4.19. The first-order chi connectivity index (χ1) is 9.20. The van der Waals surface area contributed by atoms with Crippen LogP contribution < -0.4 is 10.2 Å². The van der Waals surface area contributed by atoms with Crippen LogP contribution in [0, 0.1) is 5.82 Å². The fourth-order valence-electron chi connectivity index (χ4n) is 1.84. The molecule has 1 aromatic carbocycles. The number of halogens is 1. The number of hydroxylamine groups is 1. The first-order valence-electron chi connectivity index (χ1n) is 6.12. The zero-order chi connectivity index (χ0) is 13.7. The van der Waals surface area contributed by atoms with Crippen molar-refractivity contribution >= 4 is 5.91 Å². The number of ether oxygens (including phenoxy) is 2. The highest BCUT2D eigenvalue weighted by atomic mass is 19.1. The normalized spacial score (nSPS) is 18.9. The highest BCUT2D eigenvalue weighted by Crippen LogP contribution is 2.19. The number of carbonyl (C=O) groups excluding carboxylic acids is 1. The third kappa shape index (κ3) is 3.65. The van der Waals surface area contributed by atoms with E-state index in [0.29, 0.717) is 6.61 Å². The predicted octanol–water partition coefficient (Wildman–Crippen LogP) is 2.02. The number of rotatable bonds is 4. The van der Waals surface area contributed by atoms with Gasteiger partial charge in [-0.1, -0.05) is 0 Å². The Labute approximate surface area is 110 Å². The maximum absolute atomic E-state index is 13.1. The van der Waals surface area contributed by atoms with E-state index in [1.807, 2.05) is 0 Å². The Hall–Kier alpha value is -1.66. The summed E-state index contributed by atoms with van der Waals surface area (Å²) in [7, 11) is 1.41. The molecule has 0 bridgehead atoms. The van der Waals surface area contributed by atoms with Gasteiger partial charge in [0.1, 0.15) is 11.6 Å². The molecule has 0 aromatic heterocycles. The molecule has 0 spiro atoms. The molecule has 6 heteroatoms. The Bertz CT molecular complexity index is 446. The van der Waals surface area contributed by atoms with E-state index in [9.17, 15) is 9.18 Å². The summed E-state index contributed by atoms with van der Waals surface area (Å²) >= 11 is 0. The monoisotopic (exact) mass is 269 g/mol. The number of methoxy groups -OCH3 is 1. The molecule has 1 aliphatic rings. The Morgan fingerprint density at radius 2 is 2.32 bits per heavy atom. The van der Waals surface area contributed by atoms with Crippen molar-refractivity contribution in [2.75, 3.05) is 13.7 Å². The average molecular weight is 269 g/mol. The zero-order valence-electron chi connectivity index (χ0n) is 10.6. The molecule has 1 fully saturated rings. The van der Waals surface area contributed by atoms with Crippen molar-refractivity contribution < 1.29 is 23.5 Å². The van der Waals surface area contributed by atoms with Gasteiger partial charge in [0.25, 0.3) is 5.91 Å². The van der Waals surface area contributed by atoms with Gasteiger partial charge in [0.2, 0.25) is 0 Å². The summed E-state index contributed by atoms with van der Waals surface area (Å²) in [6.45, 7) is 0.615. The molecular formula is C13H16FNO4. The Morgan fingerprint density at radius 1 is 1.47 bits per heavy atom. The molecule has 19 heavy (non-hydrogen) atoms. The van der Waals surface area contributed by atoms with Crippen LogP contribution in [-0.4, -0.2) is 25.9 Å². The molecule has 1 atom stereocenters. The number of nitrogens with one attached hydrogen (secondary N) is 1. The van der Waals surface area contributed by atoms with Gasteiger partial charge in [0.15, 0.2) is 6.29 Å². The quantitative estimate of drug-likeness (QED) is 0.850. The molecule has 0 radical (unpaired) electrons. The Kier molecular flexibility index (Phi) is 4.70. The number of benzene rings is 1. The number of hydrogen-bond acceptors (Lipinski definition) is 4. The summed E-state index contributed by atoms with van der Waals surface area (Å²) in [4.78, 5) is 17.0. The summed E-state index contributed by atoms with van der Waals surface area (Å²) in [5, 5.41) is 0. The molecule has 2 rings (SSSR count). The molecule has 1 saturated heterocycles. The first-order valence-corrected chi connectivity index (χ1v) is 6.12. The van der Waals surface area contributed by atoms with Crippen LogP contribution in [0.5, 0.6) is 5.75 Å². The molecule has 1 N–H and O–H groups in total. The smallest absolute Gasteiger partial charge is 0.278 e. The maximum atomic E-state index is 13.1. The van der Waals surface area contributed by atoms with E-state index in [0.717, 1.165) is 25.3 Å². The van der Waals surface area contributed by atoms with Gasteiger partial charge in [-0.05, 0) is 31.0 Å². The molecular weight excluding hydrogens is 253 g/mol. The van der Waals surface area contributed by atoms with Gasteiger partial charge in [0, 0.05) is 13.0 Å². The topological polar surface area (TPSA) is 56.8 Å². The lowest BCUT2D eigenvalue weighted by atomic mass is 10.2. The third-order valence-electron chi connectivity index (χ3n) is 2.83. The van der Waals surface area contributed by atoms with Crippen LogP contribution in [0.3, 0.4) is 0 Å². The molecule has 104 valence electrons. The minimum absolute atomic E-state index is 0.0818. The minimum Gasteiger partial charge on any atom is -0.496 e. The molecule has 5 nitrogen and oxygen atoms in total. The SMILES string of the molecule is COc1ccc(F)cc1C(=O)NOC1CCCCO1. The van der Waals surface area contributed by atoms with E-state index >= 15 is 0 Å². The second-order valence-electron chi connectivity index (χ2n) is 4.19. The number of carbonyl (C=O) groups is 1. The van der Waals surface area contributed by atoms with Crippen LogP contribution in [-0.2, 0) is 9.57 Å². The highest BCUT2D eigenvalue weighted by Gasteiger charge is 2.18. The van der Waals surface area contributed by atoms with Gasteiger partial charge in [-0.2, -0.15) is 0 Å². The molecule has 1 amide bonds. The lowest BCUT2D eigenvalue weighted by Crippen LogP contribution is -2.33. The van der Waals surface area contributed by atoms with Gasteiger partial charge in [-0.25, -0.2) is 14.7 Å².